The fourth-order valence-electron chi connectivity index (χ4n) is 3.65. The summed E-state index contributed by atoms with van der Waals surface area (Å²) in [6, 6.07) is 17.8. The Balaban J connectivity index is 1.56. The Bertz CT molecular complexity index is 1020. The molecule has 0 N–H and O–H groups in total. The largest absolute Gasteiger partial charge is 0.489 e. The van der Waals surface area contributed by atoms with Gasteiger partial charge in [-0.1, -0.05) is 12.1 Å². The number of methoxy groups -OCH3 is 1. The number of anilines is 1. The van der Waals surface area contributed by atoms with E-state index < -0.39 is 0 Å². The normalized spacial score (nSPS) is 16.3. The first kappa shape index (κ1) is 18.3. The average Bonchev–Trinajstić information content (AvgIpc) is 3.21. The van der Waals surface area contributed by atoms with Gasteiger partial charge in [-0.05, 0) is 49.2 Å². The Morgan fingerprint density at radius 2 is 2.00 bits per heavy atom. The lowest BCUT2D eigenvalue weighted by Crippen LogP contribution is -2.22. The molecule has 5 nitrogen and oxygen atoms in total. The molecule has 1 saturated heterocycles. The summed E-state index contributed by atoms with van der Waals surface area (Å²) < 4.78 is 11.5. The first-order valence-corrected chi connectivity index (χ1v) is 9.47. The third-order valence-electron chi connectivity index (χ3n) is 5.20. The zero-order valence-electron chi connectivity index (χ0n) is 16.2. The Kier molecular flexibility index (Phi) is 5.14. The minimum Gasteiger partial charge on any atom is -0.489 e. The number of hydrogen-bond acceptors (Lipinski definition) is 5. The van der Waals surface area contributed by atoms with Gasteiger partial charge in [-0.25, -0.2) is 0 Å². The van der Waals surface area contributed by atoms with Gasteiger partial charge in [-0.2, -0.15) is 5.26 Å². The number of ether oxygens (including phenoxy) is 2. The predicted molar refractivity (Wildman–Crippen MR) is 110 cm³/mol. The molecular weight excluding hydrogens is 350 g/mol. The second-order valence-electron chi connectivity index (χ2n) is 7.15. The zero-order valence-corrected chi connectivity index (χ0v) is 16.2. The minimum absolute atomic E-state index is 0.290. The topological polar surface area (TPSA) is 58.4 Å². The molecule has 0 saturated carbocycles. The van der Waals surface area contributed by atoms with Crippen molar-refractivity contribution in [2.45, 2.75) is 26.1 Å². The van der Waals surface area contributed by atoms with Gasteiger partial charge < -0.3 is 14.4 Å². The second kappa shape index (κ2) is 7.87. The van der Waals surface area contributed by atoms with Crippen LogP contribution in [0.2, 0.25) is 0 Å². The van der Waals surface area contributed by atoms with Crippen molar-refractivity contribution in [3.63, 3.8) is 0 Å². The molecule has 0 unspecified atom stereocenters. The lowest BCUT2D eigenvalue weighted by atomic mass is 10.1. The maximum absolute atomic E-state index is 8.89. The molecule has 0 radical (unpaired) electrons. The summed E-state index contributed by atoms with van der Waals surface area (Å²) in [5, 5.41) is 10.0. The first-order valence-electron chi connectivity index (χ1n) is 9.47. The van der Waals surface area contributed by atoms with Crippen LogP contribution in [0.1, 0.15) is 23.2 Å². The highest BCUT2D eigenvalue weighted by atomic mass is 16.5. The van der Waals surface area contributed by atoms with E-state index in [2.05, 4.69) is 23.1 Å². The van der Waals surface area contributed by atoms with Gasteiger partial charge in [0.05, 0.1) is 23.3 Å². The molecule has 1 fully saturated rings. The van der Waals surface area contributed by atoms with Crippen molar-refractivity contribution in [1.82, 2.24) is 4.98 Å². The quantitative estimate of drug-likeness (QED) is 0.670. The summed E-state index contributed by atoms with van der Waals surface area (Å²) >= 11 is 0. The number of benzene rings is 2. The molecule has 2 heterocycles. The van der Waals surface area contributed by atoms with Crippen molar-refractivity contribution in [1.29, 1.82) is 5.26 Å². The van der Waals surface area contributed by atoms with E-state index >= 15 is 0 Å². The van der Waals surface area contributed by atoms with Gasteiger partial charge in [0.25, 0.3) is 0 Å². The number of nitriles is 1. The molecule has 4 rings (SSSR count). The average molecular weight is 373 g/mol. The minimum atomic E-state index is 0.290. The number of hydrogen-bond donors (Lipinski definition) is 0. The molecule has 0 aliphatic carbocycles. The van der Waals surface area contributed by atoms with E-state index in [4.69, 9.17) is 19.7 Å². The standard InChI is InChI=1S/C23H23N3O2/c1-16-11-23(26-10-9-20(14-26)27-2)21-8-7-19(12-22(21)25-16)28-15-18-5-3-17(13-24)4-6-18/h3-8,11-12,20H,9-10,14-15H2,1-2H3/t20-/m0/s1. The molecule has 1 aliphatic rings. The highest BCUT2D eigenvalue weighted by Crippen LogP contribution is 2.32. The lowest BCUT2D eigenvalue weighted by molar-refractivity contribution is 0.121. The molecule has 1 atom stereocenters. The zero-order chi connectivity index (χ0) is 19.5. The number of nitrogens with zero attached hydrogens (tertiary/aromatic N) is 3. The lowest BCUT2D eigenvalue weighted by Gasteiger charge is -2.21. The molecule has 1 aliphatic heterocycles. The van der Waals surface area contributed by atoms with Crippen LogP contribution >= 0.6 is 0 Å². The van der Waals surface area contributed by atoms with Gasteiger partial charge in [-0.3, -0.25) is 4.98 Å². The van der Waals surface area contributed by atoms with Crippen LogP contribution in [0.5, 0.6) is 5.75 Å². The van der Waals surface area contributed by atoms with E-state index in [1.165, 1.54) is 5.69 Å². The van der Waals surface area contributed by atoms with Crippen molar-refractivity contribution >= 4 is 16.6 Å². The molecular formula is C23H23N3O2. The highest BCUT2D eigenvalue weighted by Gasteiger charge is 2.24. The van der Waals surface area contributed by atoms with E-state index in [-0.39, 0.29) is 0 Å². The third kappa shape index (κ3) is 3.78. The van der Waals surface area contributed by atoms with Crippen LogP contribution in [0, 0.1) is 18.3 Å². The maximum atomic E-state index is 8.89. The van der Waals surface area contributed by atoms with Crippen LogP contribution in [0.15, 0.2) is 48.5 Å². The van der Waals surface area contributed by atoms with Gasteiger partial charge in [-0.15, -0.1) is 0 Å². The highest BCUT2D eigenvalue weighted by molar-refractivity contribution is 5.93. The van der Waals surface area contributed by atoms with Crippen LogP contribution in [-0.4, -0.2) is 31.3 Å². The van der Waals surface area contributed by atoms with E-state index in [0.717, 1.165) is 47.4 Å². The number of aromatic nitrogens is 1. The van der Waals surface area contributed by atoms with Crippen molar-refractivity contribution in [2.75, 3.05) is 25.1 Å². The Morgan fingerprint density at radius 1 is 1.18 bits per heavy atom. The van der Waals surface area contributed by atoms with Gasteiger partial charge in [0.1, 0.15) is 12.4 Å². The van der Waals surface area contributed by atoms with Crippen molar-refractivity contribution < 1.29 is 9.47 Å². The monoisotopic (exact) mass is 373 g/mol. The molecule has 2 aromatic carbocycles. The van der Waals surface area contributed by atoms with Gasteiger partial charge in [0.2, 0.25) is 0 Å². The van der Waals surface area contributed by atoms with Crippen LogP contribution in [0.3, 0.4) is 0 Å². The summed E-state index contributed by atoms with van der Waals surface area (Å²) in [7, 11) is 1.78. The van der Waals surface area contributed by atoms with Gasteiger partial charge >= 0.3 is 0 Å². The summed E-state index contributed by atoms with van der Waals surface area (Å²) in [5.74, 6) is 0.789. The maximum Gasteiger partial charge on any atom is 0.122 e. The molecule has 28 heavy (non-hydrogen) atoms. The van der Waals surface area contributed by atoms with E-state index in [9.17, 15) is 0 Å². The molecule has 0 amide bonds. The molecule has 0 spiro atoms. The van der Waals surface area contributed by atoms with Crippen LogP contribution < -0.4 is 9.64 Å². The molecule has 1 aromatic heterocycles. The van der Waals surface area contributed by atoms with Gasteiger partial charge in [0.15, 0.2) is 0 Å². The van der Waals surface area contributed by atoms with Gasteiger partial charge in [0, 0.05) is 43.0 Å². The van der Waals surface area contributed by atoms with Crippen LogP contribution in [0.4, 0.5) is 5.69 Å². The summed E-state index contributed by atoms with van der Waals surface area (Å²) in [5.41, 5.74) is 4.82. The SMILES string of the molecule is CO[C@H]1CCN(c2cc(C)nc3cc(OCc4ccc(C#N)cc4)ccc23)C1. The third-order valence-corrected chi connectivity index (χ3v) is 5.20. The smallest absolute Gasteiger partial charge is 0.122 e. The van der Waals surface area contributed by atoms with Crippen molar-refractivity contribution in [2.24, 2.45) is 0 Å². The molecule has 142 valence electrons. The van der Waals surface area contributed by atoms with Crippen LogP contribution in [0.25, 0.3) is 10.9 Å². The Hall–Kier alpha value is -3.10. The van der Waals surface area contributed by atoms with E-state index in [1.54, 1.807) is 19.2 Å². The van der Waals surface area contributed by atoms with E-state index in [1.807, 2.05) is 31.2 Å². The van der Waals surface area contributed by atoms with Crippen molar-refractivity contribution in [3.8, 4) is 11.8 Å². The van der Waals surface area contributed by atoms with Crippen molar-refractivity contribution in [3.05, 3.63) is 65.4 Å². The molecule has 3 aromatic rings. The number of fused-ring (bicyclic) bond motifs is 1. The number of aryl methyl sites for hydroxylation is 1. The number of rotatable bonds is 5. The van der Waals surface area contributed by atoms with E-state index in [0.29, 0.717) is 18.3 Å². The summed E-state index contributed by atoms with van der Waals surface area (Å²) in [6.07, 6.45) is 1.34. The Labute approximate surface area is 165 Å². The van der Waals surface area contributed by atoms with Crippen LogP contribution in [-0.2, 0) is 11.3 Å². The Morgan fingerprint density at radius 3 is 2.71 bits per heavy atom. The number of pyridine rings is 1. The second-order valence-corrected chi connectivity index (χ2v) is 7.15. The first-order chi connectivity index (χ1) is 13.7. The molecule has 0 bridgehead atoms. The molecule has 5 heteroatoms. The fraction of sp³-hybridized carbons (Fsp3) is 0.304. The summed E-state index contributed by atoms with van der Waals surface area (Å²) in [4.78, 5) is 7.09. The fourth-order valence-corrected chi connectivity index (χ4v) is 3.65. The summed E-state index contributed by atoms with van der Waals surface area (Å²) in [6.45, 7) is 4.38. The predicted octanol–water partition coefficient (Wildman–Crippen LogP) is 4.22.